The number of carbonyl (C=O) groups excluding carboxylic acids is 1. The molecule has 0 radical (unpaired) electrons. The van der Waals surface area contributed by atoms with Gasteiger partial charge in [-0.1, -0.05) is 84.9 Å². The quantitative estimate of drug-likeness (QED) is 0.177. The second-order valence-corrected chi connectivity index (χ2v) is 8.67. The first kappa shape index (κ1) is 26.2. The molecule has 0 spiro atoms. The lowest BCUT2D eigenvalue weighted by molar-refractivity contribution is -0.145. The van der Waals surface area contributed by atoms with Crippen LogP contribution in [0.3, 0.4) is 0 Å². The summed E-state index contributed by atoms with van der Waals surface area (Å²) in [5.41, 5.74) is 3.87. The Hall–Kier alpha value is -4.89. The van der Waals surface area contributed by atoms with Crippen LogP contribution in [0.5, 0.6) is 11.5 Å². The molecule has 1 N–H and O–H groups in total. The van der Waals surface area contributed by atoms with E-state index in [9.17, 15) is 10.1 Å². The number of nitrogens with zero attached hydrogens (tertiary/aromatic N) is 1. The lowest BCUT2D eigenvalue weighted by Crippen LogP contribution is -2.11. The molecule has 6 nitrogen and oxygen atoms in total. The maximum Gasteiger partial charge on any atom is 0.307 e. The van der Waals surface area contributed by atoms with Gasteiger partial charge in [0.2, 0.25) is 0 Å². The maximum absolute atomic E-state index is 12.2. The largest absolute Gasteiger partial charge is 0.489 e. The average Bonchev–Trinajstić information content (AvgIpc) is 2.98. The number of nitriles is 1. The Morgan fingerprint density at radius 1 is 0.737 bits per heavy atom. The van der Waals surface area contributed by atoms with E-state index >= 15 is 0 Å². The summed E-state index contributed by atoms with van der Waals surface area (Å²) >= 11 is 0. The smallest absolute Gasteiger partial charge is 0.307 e. The van der Waals surface area contributed by atoms with E-state index in [0.29, 0.717) is 23.8 Å². The molecule has 1 atom stereocenters. The van der Waals surface area contributed by atoms with Crippen LogP contribution in [0.15, 0.2) is 109 Å². The lowest BCUT2D eigenvalue weighted by Gasteiger charge is -2.12. The Morgan fingerprint density at radius 3 is 1.97 bits per heavy atom. The summed E-state index contributed by atoms with van der Waals surface area (Å²) in [4.78, 5) is 12.2. The van der Waals surface area contributed by atoms with Gasteiger partial charge in [0, 0.05) is 0 Å². The summed E-state index contributed by atoms with van der Waals surface area (Å²) in [5, 5.41) is 17.7. The van der Waals surface area contributed by atoms with E-state index in [0.717, 1.165) is 22.3 Å². The van der Waals surface area contributed by atoms with Gasteiger partial charge in [-0.2, -0.15) is 5.26 Å². The van der Waals surface area contributed by atoms with Crippen molar-refractivity contribution in [1.29, 1.82) is 10.7 Å². The number of esters is 1. The van der Waals surface area contributed by atoms with Crippen molar-refractivity contribution >= 4 is 11.7 Å². The van der Waals surface area contributed by atoms with Gasteiger partial charge in [0.15, 0.2) is 0 Å². The fourth-order valence-electron chi connectivity index (χ4n) is 3.72. The van der Waals surface area contributed by atoms with Gasteiger partial charge in [0.05, 0.1) is 24.1 Å². The average molecular weight is 505 g/mol. The third-order valence-electron chi connectivity index (χ3n) is 5.89. The van der Waals surface area contributed by atoms with Crippen molar-refractivity contribution < 1.29 is 19.0 Å². The summed E-state index contributed by atoms with van der Waals surface area (Å²) in [6.07, 6.45) is -0.0111. The van der Waals surface area contributed by atoms with Crippen LogP contribution < -0.4 is 9.47 Å². The second kappa shape index (κ2) is 13.4. The second-order valence-electron chi connectivity index (χ2n) is 8.67. The number of hydrogen-bond acceptors (Lipinski definition) is 6. The molecule has 4 aromatic rings. The van der Waals surface area contributed by atoms with Crippen molar-refractivity contribution in [1.82, 2.24) is 0 Å². The highest BCUT2D eigenvalue weighted by Gasteiger charge is 2.17. The molecule has 0 aliphatic carbocycles. The van der Waals surface area contributed by atoms with Gasteiger partial charge in [0.25, 0.3) is 0 Å². The normalized spacial score (nSPS) is 11.1. The minimum atomic E-state index is -0.594. The Balaban J connectivity index is 1.22. The van der Waals surface area contributed by atoms with Crippen molar-refractivity contribution in [3.05, 3.63) is 131 Å². The molecular weight excluding hydrogens is 476 g/mol. The number of nitrogens with one attached hydrogen (secondary N) is 1. The Kier molecular flexibility index (Phi) is 9.25. The molecule has 0 amide bonds. The molecule has 6 heteroatoms. The molecule has 0 bridgehead atoms. The number of rotatable bonds is 12. The number of benzene rings is 4. The van der Waals surface area contributed by atoms with Crippen LogP contribution in [0.1, 0.15) is 34.6 Å². The zero-order valence-corrected chi connectivity index (χ0v) is 20.9. The molecule has 0 saturated carbocycles. The molecule has 4 aromatic carbocycles. The summed E-state index contributed by atoms with van der Waals surface area (Å²) in [6.45, 7) is 0.753. The first-order valence-corrected chi connectivity index (χ1v) is 12.3. The highest BCUT2D eigenvalue weighted by atomic mass is 16.5. The van der Waals surface area contributed by atoms with E-state index in [1.807, 2.05) is 84.9 Å². The fourth-order valence-corrected chi connectivity index (χ4v) is 3.72. The van der Waals surface area contributed by atoms with Crippen LogP contribution in [0, 0.1) is 16.7 Å². The predicted molar refractivity (Wildman–Crippen MR) is 145 cm³/mol. The van der Waals surface area contributed by atoms with Crippen molar-refractivity contribution in [2.75, 3.05) is 6.61 Å². The first-order chi connectivity index (χ1) is 18.6. The van der Waals surface area contributed by atoms with E-state index in [2.05, 4.69) is 6.07 Å². The van der Waals surface area contributed by atoms with Crippen molar-refractivity contribution in [3.8, 4) is 17.6 Å². The van der Waals surface area contributed by atoms with Gasteiger partial charge >= 0.3 is 5.97 Å². The van der Waals surface area contributed by atoms with Gasteiger partial charge < -0.3 is 19.6 Å². The van der Waals surface area contributed by atoms with Crippen LogP contribution >= 0.6 is 0 Å². The third-order valence-corrected chi connectivity index (χ3v) is 5.89. The van der Waals surface area contributed by atoms with Crippen LogP contribution in [-0.4, -0.2) is 18.3 Å². The monoisotopic (exact) mass is 504 g/mol. The minimum absolute atomic E-state index is 0.0111. The topological polar surface area (TPSA) is 92.4 Å². The van der Waals surface area contributed by atoms with Crippen molar-refractivity contribution in [2.24, 2.45) is 0 Å². The molecule has 0 aliphatic rings. The Bertz CT molecular complexity index is 1360. The van der Waals surface area contributed by atoms with E-state index < -0.39 is 11.9 Å². The molecule has 38 heavy (non-hydrogen) atoms. The summed E-state index contributed by atoms with van der Waals surface area (Å²) in [6, 6.07) is 35.9. The molecule has 4 rings (SSSR count). The zero-order chi connectivity index (χ0) is 26.6. The molecule has 0 heterocycles. The van der Waals surface area contributed by atoms with E-state index in [1.165, 1.54) is 0 Å². The van der Waals surface area contributed by atoms with Crippen molar-refractivity contribution in [2.45, 2.75) is 25.6 Å². The molecule has 0 aromatic heterocycles. The molecular formula is C32H28N2O4. The van der Waals surface area contributed by atoms with Crippen LogP contribution in [0.2, 0.25) is 0 Å². The predicted octanol–water partition coefficient (Wildman–Crippen LogP) is 6.45. The highest BCUT2D eigenvalue weighted by Crippen LogP contribution is 2.23. The lowest BCUT2D eigenvalue weighted by atomic mass is 9.97. The van der Waals surface area contributed by atoms with Crippen LogP contribution in [0.25, 0.3) is 0 Å². The summed E-state index contributed by atoms with van der Waals surface area (Å²) in [7, 11) is 0. The Morgan fingerprint density at radius 2 is 1.32 bits per heavy atom. The van der Waals surface area contributed by atoms with Gasteiger partial charge in [0.1, 0.15) is 31.3 Å². The minimum Gasteiger partial charge on any atom is -0.489 e. The van der Waals surface area contributed by atoms with Crippen molar-refractivity contribution in [3.63, 3.8) is 0 Å². The number of ether oxygens (including phenoxy) is 3. The zero-order valence-electron chi connectivity index (χ0n) is 20.9. The van der Waals surface area contributed by atoms with Crippen LogP contribution in [-0.2, 0) is 22.7 Å². The van der Waals surface area contributed by atoms with Gasteiger partial charge in [-0.05, 0) is 46.5 Å². The van der Waals surface area contributed by atoms with Crippen LogP contribution in [0.4, 0.5) is 0 Å². The van der Waals surface area contributed by atoms with E-state index in [-0.39, 0.29) is 19.6 Å². The van der Waals surface area contributed by atoms with Gasteiger partial charge in [-0.25, -0.2) is 0 Å². The maximum atomic E-state index is 12.2. The number of carbonyl (C=O) groups is 1. The molecule has 0 aliphatic heterocycles. The number of hydrogen-bond donors (Lipinski definition) is 1. The fraction of sp³-hybridized carbons (Fsp3) is 0.156. The molecule has 0 fully saturated rings. The van der Waals surface area contributed by atoms with E-state index in [4.69, 9.17) is 19.6 Å². The summed E-state index contributed by atoms with van der Waals surface area (Å²) < 4.78 is 16.9. The molecule has 0 saturated heterocycles. The molecule has 1 unspecified atom stereocenters. The first-order valence-electron chi connectivity index (χ1n) is 12.3. The van der Waals surface area contributed by atoms with Gasteiger partial charge in [-0.15, -0.1) is 0 Å². The third kappa shape index (κ3) is 7.81. The standard InChI is InChI=1S/C32H28N2O4/c33-20-28(19-32(35)38-22-24-7-3-1-4-8-24)26-13-17-30(18-14-26)36-21-25-11-15-29(16-12-25)37-23-31(34)27-9-5-2-6-10-27/h1-18,28,34H,19,21-23H2. The Labute approximate surface area is 222 Å². The van der Waals surface area contributed by atoms with Gasteiger partial charge in [-0.3, -0.25) is 4.79 Å². The SMILES string of the molecule is N#CC(CC(=O)OCc1ccccc1)c1ccc(OCc2ccc(OCC(=N)c3ccccc3)cc2)cc1. The summed E-state index contributed by atoms with van der Waals surface area (Å²) in [5.74, 6) is 0.339. The molecule has 190 valence electrons. The highest BCUT2D eigenvalue weighted by molar-refractivity contribution is 5.99. The van der Waals surface area contributed by atoms with E-state index in [1.54, 1.807) is 24.3 Å².